The summed E-state index contributed by atoms with van der Waals surface area (Å²) in [6, 6.07) is 7.61. The molecule has 0 atom stereocenters. The van der Waals surface area contributed by atoms with Crippen LogP contribution in [0.4, 0.5) is 0 Å². The van der Waals surface area contributed by atoms with Gasteiger partial charge in [-0.25, -0.2) is 4.98 Å². The summed E-state index contributed by atoms with van der Waals surface area (Å²) >= 11 is 1.70. The van der Waals surface area contributed by atoms with Crippen LogP contribution < -0.4 is 0 Å². The normalized spacial score (nSPS) is 16.6. The molecule has 1 saturated heterocycles. The average molecular weight is 249 g/mol. The standard InChI is InChI=1S/C12H15N3OS/c13-10-11-2-1-3-12(14-11)17-9-6-15-4-7-16-8-5-15/h1-3H,4-9H2. The third-order valence-corrected chi connectivity index (χ3v) is 3.51. The zero-order valence-electron chi connectivity index (χ0n) is 9.63. The van der Waals surface area contributed by atoms with Crippen molar-refractivity contribution < 1.29 is 4.74 Å². The Hall–Kier alpha value is -1.09. The van der Waals surface area contributed by atoms with Crippen LogP contribution in [0.25, 0.3) is 0 Å². The zero-order chi connectivity index (χ0) is 11.9. The van der Waals surface area contributed by atoms with Crippen LogP contribution in [0.15, 0.2) is 23.2 Å². The quantitative estimate of drug-likeness (QED) is 0.754. The molecule has 1 fully saturated rings. The van der Waals surface area contributed by atoms with Crippen LogP contribution in [-0.2, 0) is 4.74 Å². The van der Waals surface area contributed by atoms with Gasteiger partial charge in [0.05, 0.1) is 18.2 Å². The maximum absolute atomic E-state index is 8.75. The topological polar surface area (TPSA) is 49.2 Å². The summed E-state index contributed by atoms with van der Waals surface area (Å²) in [4.78, 5) is 6.63. The predicted octanol–water partition coefficient (Wildman–Crippen LogP) is 1.38. The molecule has 5 heteroatoms. The summed E-state index contributed by atoms with van der Waals surface area (Å²) in [5.74, 6) is 1.00. The van der Waals surface area contributed by atoms with Gasteiger partial charge in [0.1, 0.15) is 11.8 Å². The molecule has 1 aromatic rings. The molecule has 2 heterocycles. The number of aromatic nitrogens is 1. The first-order valence-corrected chi connectivity index (χ1v) is 6.67. The van der Waals surface area contributed by atoms with Gasteiger partial charge < -0.3 is 4.74 Å². The van der Waals surface area contributed by atoms with Gasteiger partial charge in [-0.1, -0.05) is 6.07 Å². The summed E-state index contributed by atoms with van der Waals surface area (Å²) < 4.78 is 5.30. The Morgan fingerprint density at radius 1 is 1.41 bits per heavy atom. The van der Waals surface area contributed by atoms with E-state index in [1.807, 2.05) is 12.1 Å². The molecule has 0 N–H and O–H groups in total. The molecule has 90 valence electrons. The Labute approximate surface area is 106 Å². The molecule has 0 saturated carbocycles. The van der Waals surface area contributed by atoms with E-state index in [4.69, 9.17) is 10.00 Å². The third-order valence-electron chi connectivity index (χ3n) is 2.60. The molecule has 4 nitrogen and oxygen atoms in total. The van der Waals surface area contributed by atoms with Crippen LogP contribution in [0.3, 0.4) is 0 Å². The Morgan fingerprint density at radius 3 is 3.00 bits per heavy atom. The molecule has 0 aliphatic carbocycles. The summed E-state index contributed by atoms with van der Waals surface area (Å²) in [6.07, 6.45) is 0. The second kappa shape index (κ2) is 6.60. The van der Waals surface area contributed by atoms with Gasteiger partial charge in [-0.05, 0) is 12.1 Å². The maximum Gasteiger partial charge on any atom is 0.141 e. The van der Waals surface area contributed by atoms with E-state index in [-0.39, 0.29) is 0 Å². The van der Waals surface area contributed by atoms with E-state index < -0.39 is 0 Å². The van der Waals surface area contributed by atoms with Gasteiger partial charge in [0.25, 0.3) is 0 Å². The highest BCUT2D eigenvalue weighted by atomic mass is 32.2. The van der Waals surface area contributed by atoms with Crippen molar-refractivity contribution in [3.63, 3.8) is 0 Å². The fourth-order valence-electron chi connectivity index (χ4n) is 1.66. The predicted molar refractivity (Wildman–Crippen MR) is 66.9 cm³/mol. The summed E-state index contributed by atoms with van der Waals surface area (Å²) in [7, 11) is 0. The molecule has 1 aliphatic heterocycles. The van der Waals surface area contributed by atoms with Gasteiger partial charge in [-0.15, -0.1) is 11.8 Å². The number of morpholine rings is 1. The highest BCUT2D eigenvalue weighted by molar-refractivity contribution is 7.99. The van der Waals surface area contributed by atoms with Crippen molar-refractivity contribution in [1.82, 2.24) is 9.88 Å². The van der Waals surface area contributed by atoms with Crippen LogP contribution >= 0.6 is 11.8 Å². The average Bonchev–Trinajstić information content (AvgIpc) is 2.40. The van der Waals surface area contributed by atoms with E-state index in [2.05, 4.69) is 16.0 Å². The van der Waals surface area contributed by atoms with Crippen LogP contribution in [0, 0.1) is 11.3 Å². The number of rotatable bonds is 4. The minimum Gasteiger partial charge on any atom is -0.379 e. The lowest BCUT2D eigenvalue weighted by molar-refractivity contribution is 0.0410. The molecule has 0 spiro atoms. The first kappa shape index (κ1) is 12.4. The lowest BCUT2D eigenvalue weighted by Crippen LogP contribution is -2.37. The fraction of sp³-hybridized carbons (Fsp3) is 0.500. The lowest BCUT2D eigenvalue weighted by atomic mass is 10.4. The largest absolute Gasteiger partial charge is 0.379 e. The van der Waals surface area contributed by atoms with Crippen molar-refractivity contribution in [3.05, 3.63) is 23.9 Å². The van der Waals surface area contributed by atoms with Crippen LogP contribution in [0.5, 0.6) is 0 Å². The van der Waals surface area contributed by atoms with E-state index in [1.165, 1.54) is 0 Å². The number of nitrogens with zero attached hydrogens (tertiary/aromatic N) is 3. The summed E-state index contributed by atoms with van der Waals surface area (Å²) in [5, 5.41) is 9.68. The number of ether oxygens (including phenoxy) is 1. The van der Waals surface area contributed by atoms with Crippen LogP contribution in [0.2, 0.25) is 0 Å². The van der Waals surface area contributed by atoms with Gasteiger partial charge >= 0.3 is 0 Å². The molecule has 0 amide bonds. The zero-order valence-corrected chi connectivity index (χ0v) is 10.4. The highest BCUT2D eigenvalue weighted by Crippen LogP contribution is 2.15. The molecule has 0 unspecified atom stereocenters. The van der Waals surface area contributed by atoms with Gasteiger partial charge in [-0.3, -0.25) is 4.90 Å². The van der Waals surface area contributed by atoms with Gasteiger partial charge in [0.2, 0.25) is 0 Å². The van der Waals surface area contributed by atoms with Crippen molar-refractivity contribution in [2.75, 3.05) is 38.6 Å². The molecule has 0 radical (unpaired) electrons. The van der Waals surface area contributed by atoms with E-state index >= 15 is 0 Å². The van der Waals surface area contributed by atoms with Gasteiger partial charge in [0.15, 0.2) is 0 Å². The van der Waals surface area contributed by atoms with Crippen LogP contribution in [-0.4, -0.2) is 48.5 Å². The Morgan fingerprint density at radius 2 is 2.24 bits per heavy atom. The van der Waals surface area contributed by atoms with Crippen molar-refractivity contribution in [2.45, 2.75) is 5.03 Å². The minimum absolute atomic E-state index is 0.487. The number of hydrogen-bond acceptors (Lipinski definition) is 5. The van der Waals surface area contributed by atoms with Gasteiger partial charge in [-0.2, -0.15) is 5.26 Å². The molecule has 0 bridgehead atoms. The number of hydrogen-bond donors (Lipinski definition) is 0. The lowest BCUT2D eigenvalue weighted by Gasteiger charge is -2.26. The number of pyridine rings is 1. The monoisotopic (exact) mass is 249 g/mol. The molecule has 0 aromatic carbocycles. The first-order valence-electron chi connectivity index (χ1n) is 5.68. The first-order chi connectivity index (χ1) is 8.38. The summed E-state index contributed by atoms with van der Waals surface area (Å²) in [6.45, 7) is 4.77. The second-order valence-corrected chi connectivity index (χ2v) is 4.89. The molecular weight excluding hydrogens is 234 g/mol. The second-order valence-electron chi connectivity index (χ2n) is 3.78. The maximum atomic E-state index is 8.75. The van der Waals surface area contributed by atoms with E-state index in [9.17, 15) is 0 Å². The number of nitriles is 1. The molecule has 2 rings (SSSR count). The smallest absolute Gasteiger partial charge is 0.141 e. The minimum atomic E-state index is 0.487. The van der Waals surface area contributed by atoms with E-state index in [0.717, 1.165) is 43.6 Å². The molecule has 1 aliphatic rings. The Kier molecular flexibility index (Phi) is 4.80. The van der Waals surface area contributed by atoms with Gasteiger partial charge in [0, 0.05) is 25.4 Å². The SMILES string of the molecule is N#Cc1cccc(SCCN2CCOCC2)n1. The van der Waals surface area contributed by atoms with E-state index in [0.29, 0.717) is 5.69 Å². The number of thioether (sulfide) groups is 1. The Bertz CT molecular complexity index is 399. The van der Waals surface area contributed by atoms with Crippen molar-refractivity contribution in [2.24, 2.45) is 0 Å². The molecule has 1 aromatic heterocycles. The highest BCUT2D eigenvalue weighted by Gasteiger charge is 2.09. The molecular formula is C12H15N3OS. The summed E-state index contributed by atoms with van der Waals surface area (Å²) in [5.41, 5.74) is 0.487. The van der Waals surface area contributed by atoms with Crippen molar-refractivity contribution in [1.29, 1.82) is 5.26 Å². The molecule has 17 heavy (non-hydrogen) atoms. The fourth-order valence-corrected chi connectivity index (χ4v) is 2.56. The van der Waals surface area contributed by atoms with Crippen molar-refractivity contribution >= 4 is 11.8 Å². The van der Waals surface area contributed by atoms with E-state index in [1.54, 1.807) is 17.8 Å². The van der Waals surface area contributed by atoms with Crippen LogP contribution in [0.1, 0.15) is 5.69 Å². The van der Waals surface area contributed by atoms with Crippen molar-refractivity contribution in [3.8, 4) is 6.07 Å². The Balaban J connectivity index is 1.75. The third kappa shape index (κ3) is 4.00.